The smallest absolute Gasteiger partial charge is 0.228 e. The number of aromatic amines is 1. The quantitative estimate of drug-likeness (QED) is 0.397. The number of aromatic nitrogens is 3. The molecule has 0 aliphatic rings. The van der Waals surface area contributed by atoms with Crippen molar-refractivity contribution in [1.29, 1.82) is 0 Å². The number of nitrogens with one attached hydrogen (secondary N) is 2. The fourth-order valence-electron chi connectivity index (χ4n) is 3.21. The van der Waals surface area contributed by atoms with Gasteiger partial charge in [-0.05, 0) is 49.6 Å². The number of carbonyl (C=O) groups excluding carboxylic acids is 2. The molecule has 3 aromatic rings. The maximum atomic E-state index is 13.1. The van der Waals surface area contributed by atoms with Gasteiger partial charge in [0.05, 0.1) is 17.8 Å². The highest BCUT2D eigenvalue weighted by Gasteiger charge is 2.14. The van der Waals surface area contributed by atoms with Crippen LogP contribution in [0.1, 0.15) is 44.5 Å². The number of hydrogen-bond acceptors (Lipinski definition) is 5. The summed E-state index contributed by atoms with van der Waals surface area (Å²) < 4.78 is 13.1. The van der Waals surface area contributed by atoms with Crippen LogP contribution >= 0.6 is 11.3 Å². The Balaban J connectivity index is 1.34. The van der Waals surface area contributed by atoms with E-state index in [1.54, 1.807) is 24.1 Å². The van der Waals surface area contributed by atoms with Gasteiger partial charge in [-0.3, -0.25) is 14.7 Å². The van der Waals surface area contributed by atoms with Crippen LogP contribution in [-0.4, -0.2) is 45.5 Å². The third kappa shape index (κ3) is 7.49. The van der Waals surface area contributed by atoms with E-state index in [1.807, 2.05) is 25.3 Å². The van der Waals surface area contributed by atoms with Crippen molar-refractivity contribution in [3.8, 4) is 11.3 Å². The van der Waals surface area contributed by atoms with Gasteiger partial charge in [0.1, 0.15) is 5.82 Å². The number of thiazole rings is 1. The minimum atomic E-state index is -0.260. The molecule has 176 valence electrons. The Morgan fingerprint density at radius 2 is 1.94 bits per heavy atom. The number of anilines is 1. The van der Waals surface area contributed by atoms with Crippen LogP contribution in [0.15, 0.2) is 35.7 Å². The lowest BCUT2D eigenvalue weighted by atomic mass is 10.1. The molecule has 33 heavy (non-hydrogen) atoms. The highest BCUT2D eigenvalue weighted by Crippen LogP contribution is 2.19. The van der Waals surface area contributed by atoms with Crippen molar-refractivity contribution >= 4 is 28.3 Å². The number of hydrogen-bond donors (Lipinski definition) is 2. The van der Waals surface area contributed by atoms with E-state index in [9.17, 15) is 14.0 Å². The molecule has 9 heteroatoms. The van der Waals surface area contributed by atoms with Gasteiger partial charge in [-0.2, -0.15) is 5.10 Å². The van der Waals surface area contributed by atoms with Gasteiger partial charge in [0.25, 0.3) is 0 Å². The Hall–Kier alpha value is -3.07. The Kier molecular flexibility index (Phi) is 8.71. The number of rotatable bonds is 11. The van der Waals surface area contributed by atoms with Crippen molar-refractivity contribution in [2.45, 2.75) is 46.0 Å². The molecule has 0 aliphatic heterocycles. The number of nitrogens with zero attached hydrogens (tertiary/aromatic N) is 3. The Morgan fingerprint density at radius 3 is 2.67 bits per heavy atom. The van der Waals surface area contributed by atoms with Crippen molar-refractivity contribution < 1.29 is 14.0 Å². The largest absolute Gasteiger partial charge is 0.345 e. The lowest BCUT2D eigenvalue weighted by molar-refractivity contribution is -0.129. The summed E-state index contributed by atoms with van der Waals surface area (Å²) in [7, 11) is 1.81. The molecule has 0 fully saturated rings. The zero-order valence-corrected chi connectivity index (χ0v) is 20.0. The van der Waals surface area contributed by atoms with Crippen molar-refractivity contribution in [1.82, 2.24) is 20.1 Å². The molecule has 7 nitrogen and oxygen atoms in total. The third-order valence-corrected chi connectivity index (χ3v) is 6.08. The summed E-state index contributed by atoms with van der Waals surface area (Å²) >= 11 is 1.33. The van der Waals surface area contributed by atoms with Gasteiger partial charge in [0.2, 0.25) is 11.8 Å². The van der Waals surface area contributed by atoms with Gasteiger partial charge in [-0.25, -0.2) is 9.37 Å². The first-order valence-electron chi connectivity index (χ1n) is 11.1. The lowest BCUT2D eigenvalue weighted by Gasteiger charge is -2.16. The van der Waals surface area contributed by atoms with Gasteiger partial charge >= 0.3 is 0 Å². The number of likely N-dealkylation sites (N-methyl/N-ethyl adjacent to an activating group) is 1. The maximum Gasteiger partial charge on any atom is 0.228 e. The van der Waals surface area contributed by atoms with Crippen LogP contribution in [0.5, 0.6) is 0 Å². The Bertz CT molecular complexity index is 1060. The van der Waals surface area contributed by atoms with E-state index in [4.69, 9.17) is 0 Å². The summed E-state index contributed by atoms with van der Waals surface area (Å²) in [5.74, 6) is -0.444. The van der Waals surface area contributed by atoms with Gasteiger partial charge < -0.3 is 10.2 Å². The average Bonchev–Trinajstić information content (AvgIpc) is 3.43. The topological polar surface area (TPSA) is 91.0 Å². The highest BCUT2D eigenvalue weighted by atomic mass is 32.1. The number of amides is 2. The van der Waals surface area contributed by atoms with Crippen LogP contribution < -0.4 is 5.32 Å². The lowest BCUT2D eigenvalue weighted by Crippen LogP contribution is -2.29. The average molecular weight is 472 g/mol. The van der Waals surface area contributed by atoms with Gasteiger partial charge in [-0.15, -0.1) is 11.3 Å². The second-order valence-electron chi connectivity index (χ2n) is 8.38. The molecule has 0 spiro atoms. The fraction of sp³-hybridized carbons (Fsp3) is 0.417. The number of carbonyl (C=O) groups is 2. The molecule has 1 aromatic carbocycles. The van der Waals surface area contributed by atoms with E-state index in [1.165, 1.54) is 23.5 Å². The van der Waals surface area contributed by atoms with Crippen molar-refractivity contribution in [3.05, 3.63) is 52.9 Å². The molecule has 0 unspecified atom stereocenters. The van der Waals surface area contributed by atoms with Crippen LogP contribution in [0.2, 0.25) is 0 Å². The summed E-state index contributed by atoms with van der Waals surface area (Å²) in [6, 6.07) is 8.29. The number of halogens is 1. The zero-order valence-electron chi connectivity index (χ0n) is 19.2. The Morgan fingerprint density at radius 1 is 1.18 bits per heavy atom. The summed E-state index contributed by atoms with van der Waals surface area (Å²) in [6.07, 6.45) is 3.98. The molecule has 0 atom stereocenters. The van der Waals surface area contributed by atoms with E-state index in [-0.39, 0.29) is 30.0 Å². The molecule has 0 radical (unpaired) electrons. The fourth-order valence-corrected chi connectivity index (χ4v) is 3.92. The summed E-state index contributed by atoms with van der Waals surface area (Å²) in [5, 5.41) is 12.4. The standard InChI is InChI=1S/C24H30FN5O2S/c1-16(2)23(32)27-24-26-20(15-33-24)14-22(31)30(3)12-6-4-5-7-19-13-21(29-28-19)17-8-10-18(25)11-9-17/h8-11,13,15-16H,4-7,12,14H2,1-3H3,(H,28,29)(H,26,27,32). The molecule has 2 heterocycles. The second kappa shape index (κ2) is 11.7. The minimum absolute atomic E-state index is 0.0135. The molecule has 2 amide bonds. The SMILES string of the molecule is CC(C)C(=O)Nc1nc(CC(=O)N(C)CCCCCc2cc(-c3ccc(F)cc3)n[nH]2)cs1. The minimum Gasteiger partial charge on any atom is -0.345 e. The molecule has 2 N–H and O–H groups in total. The summed E-state index contributed by atoms with van der Waals surface area (Å²) in [5.41, 5.74) is 3.41. The van der Waals surface area contributed by atoms with E-state index in [0.717, 1.165) is 42.6 Å². The molecule has 2 aromatic heterocycles. The third-order valence-electron chi connectivity index (χ3n) is 5.27. The zero-order chi connectivity index (χ0) is 23.8. The maximum absolute atomic E-state index is 13.1. The molecule has 0 bridgehead atoms. The van der Waals surface area contributed by atoms with Crippen LogP contribution in [0.4, 0.5) is 9.52 Å². The van der Waals surface area contributed by atoms with Crippen molar-refractivity contribution in [3.63, 3.8) is 0 Å². The van der Waals surface area contributed by atoms with Gasteiger partial charge in [0.15, 0.2) is 5.13 Å². The number of unbranched alkanes of at least 4 members (excludes halogenated alkanes) is 2. The first kappa shape index (κ1) is 24.6. The first-order valence-corrected chi connectivity index (χ1v) is 12.0. The normalized spacial score (nSPS) is 11.1. The molecule has 0 saturated carbocycles. The van der Waals surface area contributed by atoms with Crippen LogP contribution in [0.3, 0.4) is 0 Å². The summed E-state index contributed by atoms with van der Waals surface area (Å²) in [6.45, 7) is 4.33. The van der Waals surface area contributed by atoms with Crippen LogP contribution in [0, 0.1) is 11.7 Å². The van der Waals surface area contributed by atoms with Crippen LogP contribution in [0.25, 0.3) is 11.3 Å². The predicted octanol–water partition coefficient (Wildman–Crippen LogP) is 4.68. The molecule has 0 aliphatic carbocycles. The molecule has 0 saturated heterocycles. The van der Waals surface area contributed by atoms with Crippen molar-refractivity contribution in [2.24, 2.45) is 5.92 Å². The van der Waals surface area contributed by atoms with E-state index < -0.39 is 0 Å². The second-order valence-corrected chi connectivity index (χ2v) is 9.23. The molecule has 3 rings (SSSR count). The van der Waals surface area contributed by atoms with Gasteiger partial charge in [-0.1, -0.05) is 20.3 Å². The first-order chi connectivity index (χ1) is 15.8. The van der Waals surface area contributed by atoms with Gasteiger partial charge in [0, 0.05) is 36.1 Å². The molecular formula is C24H30FN5O2S. The number of H-pyrrole nitrogens is 1. The van der Waals surface area contributed by atoms with E-state index in [0.29, 0.717) is 17.4 Å². The van der Waals surface area contributed by atoms with E-state index >= 15 is 0 Å². The highest BCUT2D eigenvalue weighted by molar-refractivity contribution is 7.13. The number of aryl methyl sites for hydroxylation is 1. The summed E-state index contributed by atoms with van der Waals surface area (Å²) in [4.78, 5) is 30.3. The monoisotopic (exact) mass is 471 g/mol. The molecular weight excluding hydrogens is 441 g/mol. The van der Waals surface area contributed by atoms with Crippen LogP contribution in [-0.2, 0) is 22.4 Å². The number of benzene rings is 1. The predicted molar refractivity (Wildman–Crippen MR) is 128 cm³/mol. The van der Waals surface area contributed by atoms with Crippen molar-refractivity contribution in [2.75, 3.05) is 18.9 Å². The Labute approximate surface area is 197 Å². The van der Waals surface area contributed by atoms with E-state index in [2.05, 4.69) is 20.5 Å².